The lowest BCUT2D eigenvalue weighted by molar-refractivity contribution is 0.432. The second kappa shape index (κ2) is 5.27. The van der Waals surface area contributed by atoms with Crippen molar-refractivity contribution in [3.05, 3.63) is 58.4 Å². The van der Waals surface area contributed by atoms with Gasteiger partial charge in [-0.05, 0) is 36.2 Å². The van der Waals surface area contributed by atoms with E-state index in [-0.39, 0.29) is 5.75 Å². The summed E-state index contributed by atoms with van der Waals surface area (Å²) in [7, 11) is 0. The molecule has 0 bridgehead atoms. The summed E-state index contributed by atoms with van der Waals surface area (Å²) in [6, 6.07) is 9.93. The van der Waals surface area contributed by atoms with Gasteiger partial charge in [0.15, 0.2) is 11.6 Å². The highest BCUT2D eigenvalue weighted by Crippen LogP contribution is 2.26. The largest absolute Gasteiger partial charge is 0.505 e. The first-order valence-electron chi connectivity index (χ1n) is 5.54. The summed E-state index contributed by atoms with van der Waals surface area (Å²) in [4.78, 5) is 0. The van der Waals surface area contributed by atoms with Gasteiger partial charge in [0.05, 0.1) is 10.7 Å². The quantitative estimate of drug-likeness (QED) is 0.875. The van der Waals surface area contributed by atoms with Gasteiger partial charge in [-0.3, -0.25) is 0 Å². The molecule has 0 aliphatic carbocycles. The van der Waals surface area contributed by atoms with Crippen LogP contribution >= 0.6 is 11.6 Å². The van der Waals surface area contributed by atoms with E-state index in [4.69, 9.17) is 16.7 Å². The highest BCUT2D eigenvalue weighted by molar-refractivity contribution is 6.33. The van der Waals surface area contributed by atoms with Crippen LogP contribution in [-0.4, -0.2) is 5.11 Å². The number of nitrogens with one attached hydrogen (secondary N) is 1. The summed E-state index contributed by atoms with van der Waals surface area (Å²) >= 11 is 6.08. The lowest BCUT2D eigenvalue weighted by Gasteiger charge is -2.11. The first-order chi connectivity index (χ1) is 8.58. The summed E-state index contributed by atoms with van der Waals surface area (Å²) in [5.74, 6) is -0.960. The number of aromatic hydroxyl groups is 1. The van der Waals surface area contributed by atoms with E-state index in [1.165, 1.54) is 12.1 Å². The van der Waals surface area contributed by atoms with Gasteiger partial charge < -0.3 is 10.4 Å². The molecule has 0 amide bonds. The number of benzene rings is 2. The molecular formula is C14H13ClFNO. The first kappa shape index (κ1) is 12.7. The van der Waals surface area contributed by atoms with Gasteiger partial charge in [0.25, 0.3) is 0 Å². The topological polar surface area (TPSA) is 32.3 Å². The minimum absolute atomic E-state index is 0.340. The molecule has 2 aromatic rings. The molecule has 0 atom stereocenters. The number of rotatable bonds is 3. The Kier molecular flexibility index (Phi) is 3.72. The maximum absolute atomic E-state index is 13.2. The average molecular weight is 266 g/mol. The molecule has 2 N–H and O–H groups in total. The predicted molar refractivity (Wildman–Crippen MR) is 71.6 cm³/mol. The molecule has 0 heterocycles. The number of halogens is 2. The van der Waals surface area contributed by atoms with Crippen molar-refractivity contribution < 1.29 is 9.50 Å². The monoisotopic (exact) mass is 265 g/mol. The Morgan fingerprint density at radius 3 is 2.72 bits per heavy atom. The molecule has 0 aromatic heterocycles. The fourth-order valence-corrected chi connectivity index (χ4v) is 2.00. The highest BCUT2D eigenvalue weighted by atomic mass is 35.5. The molecule has 0 spiro atoms. The van der Waals surface area contributed by atoms with E-state index in [1.807, 2.05) is 19.1 Å². The summed E-state index contributed by atoms with van der Waals surface area (Å²) in [5.41, 5.74) is 2.61. The summed E-state index contributed by atoms with van der Waals surface area (Å²) < 4.78 is 13.2. The van der Waals surface area contributed by atoms with Crippen molar-refractivity contribution in [2.75, 3.05) is 5.32 Å². The van der Waals surface area contributed by atoms with E-state index in [1.54, 1.807) is 12.1 Å². The number of hydrogen-bond donors (Lipinski definition) is 2. The molecular weight excluding hydrogens is 253 g/mol. The van der Waals surface area contributed by atoms with Gasteiger partial charge in [-0.1, -0.05) is 29.8 Å². The molecule has 0 unspecified atom stereocenters. The van der Waals surface area contributed by atoms with Gasteiger partial charge in [0.1, 0.15) is 0 Å². The predicted octanol–water partition coefficient (Wildman–Crippen LogP) is 4.11. The lowest BCUT2D eigenvalue weighted by Crippen LogP contribution is -2.02. The minimum Gasteiger partial charge on any atom is -0.505 e. The van der Waals surface area contributed by atoms with Gasteiger partial charge >= 0.3 is 0 Å². The van der Waals surface area contributed by atoms with E-state index in [2.05, 4.69) is 5.32 Å². The van der Waals surface area contributed by atoms with Gasteiger partial charge in [0, 0.05) is 6.54 Å². The molecule has 0 radical (unpaired) electrons. The second-order valence-corrected chi connectivity index (χ2v) is 4.48. The van der Waals surface area contributed by atoms with E-state index in [0.717, 1.165) is 16.8 Å². The van der Waals surface area contributed by atoms with Crippen LogP contribution in [0.5, 0.6) is 5.75 Å². The zero-order valence-corrected chi connectivity index (χ0v) is 10.6. The normalized spacial score (nSPS) is 10.4. The maximum Gasteiger partial charge on any atom is 0.165 e. The van der Waals surface area contributed by atoms with Crippen LogP contribution in [0.2, 0.25) is 5.02 Å². The van der Waals surface area contributed by atoms with Gasteiger partial charge in [0.2, 0.25) is 0 Å². The molecule has 4 heteroatoms. The zero-order chi connectivity index (χ0) is 13.1. The van der Waals surface area contributed by atoms with Crippen molar-refractivity contribution >= 4 is 17.3 Å². The van der Waals surface area contributed by atoms with Crippen LogP contribution < -0.4 is 5.32 Å². The van der Waals surface area contributed by atoms with E-state index in [9.17, 15) is 4.39 Å². The third kappa shape index (κ3) is 2.74. The van der Waals surface area contributed by atoms with Crippen molar-refractivity contribution in [2.45, 2.75) is 13.5 Å². The molecule has 0 aliphatic rings. The van der Waals surface area contributed by atoms with Crippen molar-refractivity contribution in [1.29, 1.82) is 0 Å². The molecule has 2 nitrogen and oxygen atoms in total. The number of aryl methyl sites for hydroxylation is 1. The fourth-order valence-electron chi connectivity index (χ4n) is 1.71. The van der Waals surface area contributed by atoms with Gasteiger partial charge in [-0.15, -0.1) is 0 Å². The van der Waals surface area contributed by atoms with Crippen LogP contribution in [0.1, 0.15) is 11.1 Å². The fraction of sp³-hybridized carbons (Fsp3) is 0.143. The molecule has 0 aliphatic heterocycles. The van der Waals surface area contributed by atoms with Crippen LogP contribution in [0, 0.1) is 12.7 Å². The van der Waals surface area contributed by atoms with Crippen molar-refractivity contribution in [3.63, 3.8) is 0 Å². The van der Waals surface area contributed by atoms with Crippen molar-refractivity contribution in [2.24, 2.45) is 0 Å². The molecule has 18 heavy (non-hydrogen) atoms. The average Bonchev–Trinajstić information content (AvgIpc) is 2.33. The van der Waals surface area contributed by atoms with Crippen molar-refractivity contribution in [1.82, 2.24) is 0 Å². The Balaban J connectivity index is 2.14. The number of phenols is 1. The number of hydrogen-bond acceptors (Lipinski definition) is 2. The number of para-hydroxylation sites is 1. The number of phenolic OH excluding ortho intramolecular Hbond substituents is 1. The van der Waals surface area contributed by atoms with Crippen LogP contribution in [0.25, 0.3) is 0 Å². The van der Waals surface area contributed by atoms with Crippen LogP contribution in [-0.2, 0) is 6.54 Å². The molecule has 94 valence electrons. The Morgan fingerprint density at radius 2 is 2.06 bits per heavy atom. The molecule has 0 saturated carbocycles. The molecule has 2 rings (SSSR count). The van der Waals surface area contributed by atoms with E-state index >= 15 is 0 Å². The van der Waals surface area contributed by atoms with Crippen LogP contribution in [0.3, 0.4) is 0 Å². The Labute approximate surface area is 110 Å². The lowest BCUT2D eigenvalue weighted by atomic mass is 10.1. The first-order valence-corrected chi connectivity index (χ1v) is 5.92. The maximum atomic E-state index is 13.2. The van der Waals surface area contributed by atoms with E-state index < -0.39 is 5.82 Å². The van der Waals surface area contributed by atoms with Crippen LogP contribution in [0.4, 0.5) is 10.1 Å². The SMILES string of the molecule is Cc1cccc(Cl)c1NCc1ccc(O)c(F)c1. The third-order valence-electron chi connectivity index (χ3n) is 2.70. The summed E-state index contributed by atoms with van der Waals surface area (Å²) in [5, 5.41) is 12.9. The molecule has 0 fully saturated rings. The Bertz CT molecular complexity index is 551. The Morgan fingerprint density at radius 1 is 1.28 bits per heavy atom. The second-order valence-electron chi connectivity index (χ2n) is 4.07. The smallest absolute Gasteiger partial charge is 0.165 e. The van der Waals surface area contributed by atoms with Crippen molar-refractivity contribution in [3.8, 4) is 5.75 Å². The summed E-state index contributed by atoms with van der Waals surface area (Å²) in [6.07, 6.45) is 0. The van der Waals surface area contributed by atoms with Gasteiger partial charge in [-0.25, -0.2) is 4.39 Å². The molecule has 0 saturated heterocycles. The highest BCUT2D eigenvalue weighted by Gasteiger charge is 2.05. The van der Waals surface area contributed by atoms with E-state index in [0.29, 0.717) is 11.6 Å². The third-order valence-corrected chi connectivity index (χ3v) is 3.02. The zero-order valence-electron chi connectivity index (χ0n) is 9.87. The summed E-state index contributed by atoms with van der Waals surface area (Å²) in [6.45, 7) is 2.40. The van der Waals surface area contributed by atoms with Crippen LogP contribution in [0.15, 0.2) is 36.4 Å². The molecule has 2 aromatic carbocycles. The number of anilines is 1. The van der Waals surface area contributed by atoms with Gasteiger partial charge in [-0.2, -0.15) is 0 Å². The Hall–Kier alpha value is -1.74. The standard InChI is InChI=1S/C14H13ClFNO/c1-9-3-2-4-11(15)14(9)17-8-10-5-6-13(18)12(16)7-10/h2-7,17-18H,8H2,1H3. The minimum atomic E-state index is -0.620.